The highest BCUT2D eigenvalue weighted by Crippen LogP contribution is 2.29. The molecule has 3 N–H and O–H groups in total. The first kappa shape index (κ1) is 25.8. The zero-order valence-electron chi connectivity index (χ0n) is 16.9. The third-order valence-corrected chi connectivity index (χ3v) is 3.98. The van der Waals surface area contributed by atoms with Crippen LogP contribution >= 0.6 is 24.0 Å². The molecule has 0 aliphatic rings. The van der Waals surface area contributed by atoms with Crippen LogP contribution in [0, 0.1) is 11.8 Å². The monoisotopic (exact) mass is 535 g/mol. The van der Waals surface area contributed by atoms with Crippen molar-refractivity contribution < 1.29 is 18.3 Å². The average molecular weight is 535 g/mol. The molecule has 0 fully saturated rings. The summed E-state index contributed by atoms with van der Waals surface area (Å²) < 4.78 is 39.8. The second-order valence-corrected chi connectivity index (χ2v) is 6.61. The maximum atomic E-state index is 12.7. The van der Waals surface area contributed by atoms with Gasteiger partial charge >= 0.3 is 6.18 Å². The molecule has 2 rings (SSSR count). The van der Waals surface area contributed by atoms with Crippen LogP contribution in [-0.2, 0) is 18.8 Å². The molecule has 10 heteroatoms. The van der Waals surface area contributed by atoms with Gasteiger partial charge in [0.25, 0.3) is 0 Å². The Balaban J connectivity index is 0.00000450. The molecule has 0 aliphatic carbocycles. The minimum absolute atomic E-state index is 0. The molecule has 1 aromatic heterocycles. The van der Waals surface area contributed by atoms with E-state index < -0.39 is 17.3 Å². The minimum atomic E-state index is -4.40. The summed E-state index contributed by atoms with van der Waals surface area (Å²) in [7, 11) is 1.76. The van der Waals surface area contributed by atoms with Gasteiger partial charge in [0.2, 0.25) is 0 Å². The normalized spacial score (nSPS) is 13.5. The van der Waals surface area contributed by atoms with Crippen molar-refractivity contribution in [2.45, 2.75) is 25.6 Å². The lowest BCUT2D eigenvalue weighted by molar-refractivity contribution is -0.137. The molecular weight excluding hydrogens is 510 g/mol. The zero-order valence-corrected chi connectivity index (χ0v) is 19.2. The van der Waals surface area contributed by atoms with Gasteiger partial charge in [0.05, 0.1) is 24.8 Å². The summed E-state index contributed by atoms with van der Waals surface area (Å²) in [4.78, 5) is 4.35. The first-order valence-electron chi connectivity index (χ1n) is 9.01. The molecule has 0 radical (unpaired) electrons. The van der Waals surface area contributed by atoms with E-state index in [9.17, 15) is 18.3 Å². The lowest BCUT2D eigenvalue weighted by atomic mass is 10.0. The van der Waals surface area contributed by atoms with Gasteiger partial charge in [-0.2, -0.15) is 18.3 Å². The molecule has 0 saturated carbocycles. The summed E-state index contributed by atoms with van der Waals surface area (Å²) >= 11 is 0. The number of aliphatic imine (C=N–C) groups is 1. The summed E-state index contributed by atoms with van der Waals surface area (Å²) in [6, 6.07) is 4.86. The largest absolute Gasteiger partial charge is 0.416 e. The molecular formula is C20H25F3IN5O. The fraction of sp³-hybridized carbons (Fsp3) is 0.400. The summed E-state index contributed by atoms with van der Waals surface area (Å²) in [5, 5.41) is 20.6. The summed E-state index contributed by atoms with van der Waals surface area (Å²) in [6.45, 7) is 4.41. The highest BCUT2D eigenvalue weighted by Gasteiger charge is 2.30. The van der Waals surface area contributed by atoms with Crippen molar-refractivity contribution in [3.63, 3.8) is 0 Å². The highest BCUT2D eigenvalue weighted by atomic mass is 127. The van der Waals surface area contributed by atoms with E-state index in [2.05, 4.69) is 32.6 Å². The number of hydrogen-bond acceptors (Lipinski definition) is 3. The Bertz CT molecular complexity index is 913. The Morgan fingerprint density at radius 1 is 1.27 bits per heavy atom. The number of benzene rings is 1. The number of aryl methyl sites for hydroxylation is 1. The van der Waals surface area contributed by atoms with Crippen molar-refractivity contribution in [1.29, 1.82) is 0 Å². The molecule has 30 heavy (non-hydrogen) atoms. The van der Waals surface area contributed by atoms with E-state index in [1.54, 1.807) is 31.0 Å². The van der Waals surface area contributed by atoms with Crippen molar-refractivity contribution in [2.75, 3.05) is 19.6 Å². The smallest absolute Gasteiger partial charge is 0.383 e. The van der Waals surface area contributed by atoms with E-state index in [0.29, 0.717) is 18.1 Å². The third kappa shape index (κ3) is 7.87. The number of guanidine groups is 1. The molecule has 164 valence electrons. The second kappa shape index (κ2) is 11.2. The van der Waals surface area contributed by atoms with Gasteiger partial charge in [-0.25, -0.2) is 4.99 Å². The molecule has 2 aromatic rings. The van der Waals surface area contributed by atoms with E-state index in [1.165, 1.54) is 12.1 Å². The second-order valence-electron chi connectivity index (χ2n) is 6.61. The van der Waals surface area contributed by atoms with Crippen molar-refractivity contribution in [1.82, 2.24) is 20.4 Å². The van der Waals surface area contributed by atoms with Crippen LogP contribution in [0.25, 0.3) is 0 Å². The van der Waals surface area contributed by atoms with Gasteiger partial charge in [0.1, 0.15) is 5.60 Å². The van der Waals surface area contributed by atoms with Crippen LogP contribution in [0.1, 0.15) is 30.5 Å². The zero-order chi connectivity index (χ0) is 21.5. The fourth-order valence-electron chi connectivity index (χ4n) is 2.41. The predicted molar refractivity (Wildman–Crippen MR) is 120 cm³/mol. The quantitative estimate of drug-likeness (QED) is 0.239. The fourth-order valence-corrected chi connectivity index (χ4v) is 2.41. The van der Waals surface area contributed by atoms with Gasteiger partial charge in [0.15, 0.2) is 5.96 Å². The SMILES string of the molecule is CCNC(=NCC(C)(O)c1cnn(C)c1)NCC#Cc1cccc(C(F)(F)F)c1.I. The summed E-state index contributed by atoms with van der Waals surface area (Å²) in [6.07, 6.45) is -1.10. The molecule has 0 saturated heterocycles. The molecule has 0 bridgehead atoms. The number of halogens is 4. The molecule has 1 aromatic carbocycles. The molecule has 0 aliphatic heterocycles. The van der Waals surface area contributed by atoms with Crippen molar-refractivity contribution >= 4 is 29.9 Å². The average Bonchev–Trinajstić information content (AvgIpc) is 3.10. The summed E-state index contributed by atoms with van der Waals surface area (Å²) in [5.41, 5.74) is -1.00. The number of nitrogens with one attached hydrogen (secondary N) is 2. The molecule has 1 unspecified atom stereocenters. The van der Waals surface area contributed by atoms with Crippen LogP contribution in [0.2, 0.25) is 0 Å². The molecule has 1 heterocycles. The van der Waals surface area contributed by atoms with Crippen molar-refractivity contribution in [3.8, 4) is 11.8 Å². The Hall–Kier alpha value is -2.26. The van der Waals surface area contributed by atoms with Gasteiger partial charge in [-0.05, 0) is 32.0 Å². The van der Waals surface area contributed by atoms with E-state index in [0.717, 1.165) is 12.1 Å². The van der Waals surface area contributed by atoms with Crippen LogP contribution in [-0.4, -0.2) is 40.5 Å². The third-order valence-electron chi connectivity index (χ3n) is 3.98. The van der Waals surface area contributed by atoms with Gasteiger partial charge in [-0.15, -0.1) is 24.0 Å². The number of rotatable bonds is 5. The number of nitrogens with zero attached hydrogens (tertiary/aromatic N) is 3. The van der Waals surface area contributed by atoms with Crippen molar-refractivity contribution in [2.24, 2.45) is 12.0 Å². The van der Waals surface area contributed by atoms with Gasteiger partial charge < -0.3 is 15.7 Å². The lowest BCUT2D eigenvalue weighted by Gasteiger charge is -2.20. The van der Waals surface area contributed by atoms with Crippen molar-refractivity contribution in [3.05, 3.63) is 53.3 Å². The molecule has 0 spiro atoms. The first-order valence-corrected chi connectivity index (χ1v) is 9.01. The van der Waals surface area contributed by atoms with Crippen LogP contribution in [0.4, 0.5) is 13.2 Å². The highest BCUT2D eigenvalue weighted by molar-refractivity contribution is 14.0. The van der Waals surface area contributed by atoms with E-state index >= 15 is 0 Å². The van der Waals surface area contributed by atoms with Gasteiger partial charge in [-0.3, -0.25) is 4.68 Å². The maximum Gasteiger partial charge on any atom is 0.416 e. The van der Waals surface area contributed by atoms with E-state index in [1.807, 2.05) is 6.92 Å². The van der Waals surface area contributed by atoms with E-state index in [4.69, 9.17) is 0 Å². The predicted octanol–water partition coefficient (Wildman–Crippen LogP) is 2.87. The number of aromatic nitrogens is 2. The topological polar surface area (TPSA) is 74.5 Å². The van der Waals surface area contributed by atoms with Crippen LogP contribution < -0.4 is 10.6 Å². The Morgan fingerprint density at radius 3 is 2.60 bits per heavy atom. The van der Waals surface area contributed by atoms with Crippen LogP contribution in [0.15, 0.2) is 41.7 Å². The maximum absolute atomic E-state index is 12.7. The molecule has 0 amide bonds. The number of aliphatic hydroxyl groups is 1. The van der Waals surface area contributed by atoms with E-state index in [-0.39, 0.29) is 42.6 Å². The Morgan fingerprint density at radius 2 is 2.00 bits per heavy atom. The number of hydrogen-bond donors (Lipinski definition) is 3. The molecule has 6 nitrogen and oxygen atoms in total. The summed E-state index contributed by atoms with van der Waals surface area (Å²) in [5.74, 6) is 5.92. The van der Waals surface area contributed by atoms with Crippen LogP contribution in [0.5, 0.6) is 0 Å². The minimum Gasteiger partial charge on any atom is -0.383 e. The lowest BCUT2D eigenvalue weighted by Crippen LogP contribution is -2.39. The Kier molecular flexibility index (Phi) is 9.64. The first-order chi connectivity index (χ1) is 13.6. The number of alkyl halides is 3. The van der Waals surface area contributed by atoms with Crippen LogP contribution in [0.3, 0.4) is 0 Å². The molecule has 1 atom stereocenters. The van der Waals surface area contributed by atoms with Gasteiger partial charge in [-0.1, -0.05) is 17.9 Å². The van der Waals surface area contributed by atoms with Gasteiger partial charge in [0, 0.05) is 30.9 Å². The Labute approximate surface area is 191 Å². The standard InChI is InChI=1S/C20H24F3N5O.HI/c1-4-24-18(26-14-19(2,29)17-12-27-28(3)13-17)25-10-6-8-15-7-5-9-16(11-15)20(21,22)23;/h5,7,9,11-13,29H,4,10,14H2,1-3H3,(H2,24,25,26);1H.